The molecule has 0 heterocycles. The summed E-state index contributed by atoms with van der Waals surface area (Å²) in [6, 6.07) is 4.19. The van der Waals surface area contributed by atoms with E-state index in [-0.39, 0.29) is 16.0 Å². The van der Waals surface area contributed by atoms with Crippen molar-refractivity contribution in [2.45, 2.75) is 63.1 Å². The van der Waals surface area contributed by atoms with E-state index in [4.69, 9.17) is 4.74 Å². The van der Waals surface area contributed by atoms with Gasteiger partial charge in [-0.3, -0.25) is 0 Å². The molecule has 0 fully saturated rings. The van der Waals surface area contributed by atoms with Gasteiger partial charge >= 0.3 is 0 Å². The molecule has 2 aromatic rings. The van der Waals surface area contributed by atoms with Crippen LogP contribution < -0.4 is 9.47 Å². The number of methoxy groups -OCH3 is 2. The van der Waals surface area contributed by atoms with Gasteiger partial charge in [0.05, 0.1) is 18.7 Å². The summed E-state index contributed by atoms with van der Waals surface area (Å²) in [7, 11) is 0.896. The number of hydrogen-bond donors (Lipinski definition) is 0. The van der Waals surface area contributed by atoms with Crippen LogP contribution in [0.5, 0.6) is 11.5 Å². The van der Waals surface area contributed by atoms with Crippen LogP contribution in [0.2, 0.25) is 16.6 Å². The summed E-state index contributed by atoms with van der Waals surface area (Å²) >= 11 is 4.63. The number of rotatable bonds is 7. The van der Waals surface area contributed by atoms with E-state index < -0.39 is 30.5 Å². The molecule has 2 aromatic carbocycles. The fourth-order valence-electron chi connectivity index (χ4n) is 4.08. The molecule has 0 bridgehead atoms. The van der Waals surface area contributed by atoms with Crippen LogP contribution in [0.15, 0.2) is 33.6 Å². The highest BCUT2D eigenvalue weighted by atomic mass is 79.9. The standard InChI is InChI=1S/C16H26F2OSSi.C7H5BrF2O/c1-10(2)21(11(3)4,12(5)6)20-15-9-13(17)8-14(18)16(15)19-7;1-11-7-5(8)2-4(9)3-6(7)10/h8-12H,1-7H3;2-3H,1H3. The van der Waals surface area contributed by atoms with E-state index in [0.29, 0.717) is 21.5 Å². The highest BCUT2D eigenvalue weighted by Crippen LogP contribution is 2.53. The van der Waals surface area contributed by atoms with Gasteiger partial charge < -0.3 is 9.47 Å². The van der Waals surface area contributed by atoms with Crippen molar-refractivity contribution in [1.29, 1.82) is 0 Å². The first kappa shape index (κ1) is 28.8. The molecule has 0 N–H and O–H groups in total. The van der Waals surface area contributed by atoms with E-state index in [2.05, 4.69) is 62.2 Å². The molecule has 2 rings (SSSR count). The lowest BCUT2D eigenvalue weighted by molar-refractivity contribution is 0.373. The molecule has 0 atom stereocenters. The third-order valence-electron chi connectivity index (χ3n) is 5.34. The van der Waals surface area contributed by atoms with Gasteiger partial charge in [-0.25, -0.2) is 17.6 Å². The zero-order chi connectivity index (χ0) is 24.8. The molecule has 180 valence electrons. The molecule has 2 nitrogen and oxygen atoms in total. The number of ether oxygens (including phenoxy) is 2. The fourth-order valence-corrected chi connectivity index (χ4v) is 13.9. The smallest absolute Gasteiger partial charge is 0.169 e. The highest BCUT2D eigenvalue weighted by Gasteiger charge is 2.44. The minimum absolute atomic E-state index is 0.0198. The van der Waals surface area contributed by atoms with Crippen molar-refractivity contribution in [3.05, 3.63) is 52.0 Å². The van der Waals surface area contributed by atoms with Gasteiger partial charge in [-0.05, 0) is 44.7 Å². The van der Waals surface area contributed by atoms with E-state index in [1.165, 1.54) is 20.3 Å². The van der Waals surface area contributed by atoms with Crippen molar-refractivity contribution in [2.75, 3.05) is 14.2 Å². The Kier molecular flexibility index (Phi) is 11.1. The Hall–Kier alpha value is -1.19. The van der Waals surface area contributed by atoms with Crippen LogP contribution in [-0.2, 0) is 0 Å². The van der Waals surface area contributed by atoms with E-state index >= 15 is 0 Å². The fraction of sp³-hybridized carbons (Fsp3) is 0.478. The molecule has 0 unspecified atom stereocenters. The van der Waals surface area contributed by atoms with Crippen LogP contribution in [0.3, 0.4) is 0 Å². The maximum atomic E-state index is 13.9. The molecule has 0 aliphatic heterocycles. The van der Waals surface area contributed by atoms with E-state index in [9.17, 15) is 17.6 Å². The first-order chi connectivity index (χ1) is 14.8. The third-order valence-corrected chi connectivity index (χ3v) is 18.2. The van der Waals surface area contributed by atoms with Crippen molar-refractivity contribution in [1.82, 2.24) is 0 Å². The van der Waals surface area contributed by atoms with Gasteiger partial charge in [0.15, 0.2) is 23.1 Å². The monoisotopic (exact) mass is 554 g/mol. The maximum absolute atomic E-state index is 13.9. The van der Waals surface area contributed by atoms with Crippen molar-refractivity contribution >= 4 is 34.4 Å². The molecule has 0 radical (unpaired) electrons. The van der Waals surface area contributed by atoms with Crippen molar-refractivity contribution in [3.63, 3.8) is 0 Å². The molecular weight excluding hydrogens is 524 g/mol. The predicted octanol–water partition coefficient (Wildman–Crippen LogP) is 8.98. The average molecular weight is 556 g/mol. The molecular formula is C23H31BrF4O2SSi. The first-order valence-corrected chi connectivity index (χ1v) is 14.8. The van der Waals surface area contributed by atoms with Crippen molar-refractivity contribution in [3.8, 4) is 11.5 Å². The van der Waals surface area contributed by atoms with Gasteiger partial charge in [0, 0.05) is 17.0 Å². The Morgan fingerprint density at radius 3 is 1.50 bits per heavy atom. The van der Waals surface area contributed by atoms with Gasteiger partial charge in [-0.15, -0.1) is 11.2 Å². The Labute approximate surface area is 201 Å². The summed E-state index contributed by atoms with van der Waals surface area (Å²) < 4.78 is 62.8. The Morgan fingerprint density at radius 2 is 1.12 bits per heavy atom. The van der Waals surface area contributed by atoms with E-state index in [0.717, 1.165) is 18.2 Å². The molecule has 0 saturated heterocycles. The molecule has 0 saturated carbocycles. The lowest BCUT2D eigenvalue weighted by atomic mass is 10.3. The Bertz CT molecular complexity index is 865. The summed E-state index contributed by atoms with van der Waals surface area (Å²) in [6.45, 7) is 13.3. The van der Waals surface area contributed by atoms with Gasteiger partial charge in [-0.1, -0.05) is 41.5 Å². The van der Waals surface area contributed by atoms with Gasteiger partial charge in [0.25, 0.3) is 0 Å². The number of hydrogen-bond acceptors (Lipinski definition) is 3. The minimum Gasteiger partial charge on any atom is -0.493 e. The van der Waals surface area contributed by atoms with Crippen LogP contribution in [-0.4, -0.2) is 21.4 Å². The van der Waals surface area contributed by atoms with Crippen LogP contribution in [0, 0.1) is 23.3 Å². The SMILES string of the molecule is COc1c(F)cc(F)cc1Br.COc1c(F)cc(F)cc1S[Si](C(C)C)(C(C)C)C(C)C. The number of halogens is 5. The normalized spacial score (nSPS) is 11.6. The second-order valence-corrected chi connectivity index (χ2v) is 17.6. The highest BCUT2D eigenvalue weighted by molar-refractivity contribution is 9.10. The summed E-state index contributed by atoms with van der Waals surface area (Å²) in [4.78, 5) is 0.595. The average Bonchev–Trinajstić information content (AvgIpc) is 2.65. The predicted molar refractivity (Wildman–Crippen MR) is 130 cm³/mol. The van der Waals surface area contributed by atoms with Crippen LogP contribution >= 0.6 is 27.1 Å². The molecule has 32 heavy (non-hydrogen) atoms. The molecule has 0 aromatic heterocycles. The largest absolute Gasteiger partial charge is 0.493 e. The second kappa shape index (κ2) is 12.3. The van der Waals surface area contributed by atoms with Crippen LogP contribution in [0.25, 0.3) is 0 Å². The topological polar surface area (TPSA) is 18.5 Å². The van der Waals surface area contributed by atoms with Gasteiger partial charge in [0.1, 0.15) is 18.9 Å². The minimum atomic E-state index is -1.86. The summed E-state index contributed by atoms with van der Waals surface area (Å²) in [5.41, 5.74) is 1.50. The molecule has 0 aliphatic rings. The van der Waals surface area contributed by atoms with Crippen molar-refractivity contribution in [2.24, 2.45) is 0 Å². The van der Waals surface area contributed by atoms with Crippen molar-refractivity contribution < 1.29 is 27.0 Å². The first-order valence-electron chi connectivity index (χ1n) is 10.2. The zero-order valence-electron chi connectivity index (χ0n) is 19.7. The molecule has 0 amide bonds. The zero-order valence-corrected chi connectivity index (χ0v) is 23.1. The summed E-state index contributed by atoms with van der Waals surface area (Å²) in [6.07, 6.45) is 0. The molecule has 0 spiro atoms. The summed E-state index contributed by atoms with van der Waals surface area (Å²) in [5.74, 6) is -2.32. The van der Waals surface area contributed by atoms with Crippen LogP contribution in [0.4, 0.5) is 17.6 Å². The molecule has 0 aliphatic carbocycles. The third kappa shape index (κ3) is 6.67. The maximum Gasteiger partial charge on any atom is 0.169 e. The van der Waals surface area contributed by atoms with Gasteiger partial charge in [0.2, 0.25) is 0 Å². The quantitative estimate of drug-likeness (QED) is 0.251. The second-order valence-electron chi connectivity index (χ2n) is 8.24. The van der Waals surface area contributed by atoms with Crippen LogP contribution in [0.1, 0.15) is 41.5 Å². The Morgan fingerprint density at radius 1 is 0.719 bits per heavy atom. The van der Waals surface area contributed by atoms with Gasteiger partial charge in [-0.2, -0.15) is 0 Å². The summed E-state index contributed by atoms with van der Waals surface area (Å²) in [5, 5.41) is 0. The van der Waals surface area contributed by atoms with E-state index in [1.54, 1.807) is 11.2 Å². The lowest BCUT2D eigenvalue weighted by Crippen LogP contribution is -2.41. The molecule has 9 heteroatoms. The lowest BCUT2D eigenvalue weighted by Gasteiger charge is -2.42. The number of benzene rings is 2. The van der Waals surface area contributed by atoms with E-state index in [1.807, 2.05) is 0 Å². The Balaban J connectivity index is 0.000000389.